The summed E-state index contributed by atoms with van der Waals surface area (Å²) in [5.41, 5.74) is 0. The molecule has 4 nitrogen and oxygen atoms in total. The number of hydrogen-bond donors (Lipinski definition) is 0. The molecule has 0 heterocycles. The molecule has 2 unspecified atom stereocenters. The molecule has 17 heavy (non-hydrogen) atoms. The van der Waals surface area contributed by atoms with Crippen LogP contribution in [-0.2, 0) is 19.1 Å². The average Bonchev–Trinajstić information content (AvgIpc) is 2.86. The van der Waals surface area contributed by atoms with E-state index in [1.54, 1.807) is 0 Å². The Kier molecular flexibility index (Phi) is 3.22. The normalized spacial score (nSPS) is 34.1. The van der Waals surface area contributed by atoms with Crippen molar-refractivity contribution in [3.63, 3.8) is 0 Å². The molecule has 0 amide bonds. The number of fused-ring (bicyclic) bond motifs is 2. The van der Waals surface area contributed by atoms with Crippen molar-refractivity contribution in [1.82, 2.24) is 0 Å². The zero-order valence-electron chi connectivity index (χ0n) is 10.4. The van der Waals surface area contributed by atoms with Gasteiger partial charge in [-0.2, -0.15) is 0 Å². The van der Waals surface area contributed by atoms with E-state index in [0.29, 0.717) is 0 Å². The molecule has 4 heteroatoms. The van der Waals surface area contributed by atoms with Crippen molar-refractivity contribution in [2.75, 3.05) is 7.11 Å². The van der Waals surface area contributed by atoms with Crippen molar-refractivity contribution in [3.05, 3.63) is 12.2 Å². The number of allylic oxidation sites excluding steroid dienone is 2. The van der Waals surface area contributed by atoms with E-state index >= 15 is 0 Å². The Morgan fingerprint density at radius 2 is 1.65 bits per heavy atom. The number of ether oxygens (including phenoxy) is 2. The topological polar surface area (TPSA) is 52.6 Å². The van der Waals surface area contributed by atoms with Crippen molar-refractivity contribution < 1.29 is 19.1 Å². The van der Waals surface area contributed by atoms with Crippen LogP contribution in [0.15, 0.2) is 12.2 Å². The molecule has 1 saturated carbocycles. The third kappa shape index (κ3) is 2.08. The Labute approximate surface area is 101 Å². The highest BCUT2D eigenvalue weighted by atomic mass is 16.5. The molecule has 1 fully saturated rings. The van der Waals surface area contributed by atoms with Gasteiger partial charge < -0.3 is 9.47 Å². The third-order valence-corrected chi connectivity index (χ3v) is 3.56. The quantitative estimate of drug-likeness (QED) is 0.553. The summed E-state index contributed by atoms with van der Waals surface area (Å²) in [6.45, 7) is 3.63. The van der Waals surface area contributed by atoms with Crippen LogP contribution in [0.4, 0.5) is 0 Å². The van der Waals surface area contributed by atoms with Crippen molar-refractivity contribution in [2.45, 2.75) is 26.4 Å². The average molecular weight is 238 g/mol. The van der Waals surface area contributed by atoms with Crippen molar-refractivity contribution in [1.29, 1.82) is 0 Å². The molecule has 0 aromatic carbocycles. The van der Waals surface area contributed by atoms with Gasteiger partial charge in [-0.05, 0) is 32.1 Å². The number of carbonyl (C=O) groups excluding carboxylic acids is 2. The van der Waals surface area contributed by atoms with Crippen LogP contribution >= 0.6 is 0 Å². The zero-order chi connectivity index (χ0) is 12.6. The highest BCUT2D eigenvalue weighted by Crippen LogP contribution is 2.49. The SMILES string of the molecule is COC(=O)[C@H]1C2C=CC(C2)[C@@H]1C(=O)OC(C)C. The predicted octanol–water partition coefficient (Wildman–Crippen LogP) is 1.55. The molecular weight excluding hydrogens is 220 g/mol. The molecule has 0 aromatic rings. The van der Waals surface area contributed by atoms with Gasteiger partial charge in [0.2, 0.25) is 0 Å². The Morgan fingerprint density at radius 3 is 2.12 bits per heavy atom. The lowest BCUT2D eigenvalue weighted by Gasteiger charge is -2.25. The molecule has 4 atom stereocenters. The minimum absolute atomic E-state index is 0.135. The fraction of sp³-hybridized carbons (Fsp3) is 0.692. The van der Waals surface area contributed by atoms with Gasteiger partial charge in [0.15, 0.2) is 0 Å². The first-order chi connectivity index (χ1) is 8.04. The molecule has 2 bridgehead atoms. The van der Waals surface area contributed by atoms with E-state index in [1.807, 2.05) is 26.0 Å². The Hall–Kier alpha value is -1.32. The molecule has 0 aromatic heterocycles. The van der Waals surface area contributed by atoms with Crippen LogP contribution in [0.2, 0.25) is 0 Å². The van der Waals surface area contributed by atoms with Crippen LogP contribution < -0.4 is 0 Å². The summed E-state index contributed by atoms with van der Waals surface area (Å²) < 4.78 is 10.0. The monoisotopic (exact) mass is 238 g/mol. The lowest BCUT2D eigenvalue weighted by atomic mass is 9.83. The van der Waals surface area contributed by atoms with E-state index < -0.39 is 0 Å². The van der Waals surface area contributed by atoms with E-state index in [2.05, 4.69) is 0 Å². The van der Waals surface area contributed by atoms with E-state index in [0.717, 1.165) is 6.42 Å². The summed E-state index contributed by atoms with van der Waals surface area (Å²) in [5.74, 6) is -1.02. The zero-order valence-corrected chi connectivity index (χ0v) is 10.4. The number of rotatable bonds is 3. The molecule has 0 radical (unpaired) electrons. The standard InChI is InChI=1S/C13H18O4/c1-7(2)17-13(15)11-9-5-4-8(6-9)10(11)12(14)16-3/h4-5,7-11H,6H2,1-3H3/t8?,9?,10-,11-/m0/s1. The van der Waals surface area contributed by atoms with Gasteiger partial charge in [0.1, 0.15) is 0 Å². The van der Waals surface area contributed by atoms with Crippen LogP contribution in [0, 0.1) is 23.7 Å². The molecule has 2 aliphatic carbocycles. The van der Waals surface area contributed by atoms with Crippen LogP contribution in [0.3, 0.4) is 0 Å². The first-order valence-corrected chi connectivity index (χ1v) is 6.01. The van der Waals surface area contributed by atoms with Crippen molar-refractivity contribution in [3.8, 4) is 0 Å². The number of hydrogen-bond acceptors (Lipinski definition) is 4. The maximum Gasteiger partial charge on any atom is 0.310 e. The molecule has 0 spiro atoms. The lowest BCUT2D eigenvalue weighted by Crippen LogP contribution is -2.35. The van der Waals surface area contributed by atoms with Gasteiger partial charge in [0.25, 0.3) is 0 Å². The molecule has 0 aliphatic heterocycles. The highest BCUT2D eigenvalue weighted by molar-refractivity contribution is 5.84. The van der Waals surface area contributed by atoms with Crippen LogP contribution in [0.5, 0.6) is 0 Å². The maximum atomic E-state index is 12.0. The predicted molar refractivity (Wildman–Crippen MR) is 61.0 cm³/mol. The van der Waals surface area contributed by atoms with Crippen LogP contribution in [0.25, 0.3) is 0 Å². The first kappa shape index (κ1) is 12.1. The minimum atomic E-state index is -0.361. The fourth-order valence-electron chi connectivity index (χ4n) is 2.91. The summed E-state index contributed by atoms with van der Waals surface area (Å²) in [7, 11) is 1.36. The molecule has 2 aliphatic rings. The second-order valence-corrected chi connectivity index (χ2v) is 5.01. The van der Waals surface area contributed by atoms with Crippen molar-refractivity contribution in [2.24, 2.45) is 23.7 Å². The Morgan fingerprint density at radius 1 is 1.12 bits per heavy atom. The highest BCUT2D eigenvalue weighted by Gasteiger charge is 2.52. The summed E-state index contributed by atoms with van der Waals surface area (Å²) in [6, 6.07) is 0. The number of esters is 2. The lowest BCUT2D eigenvalue weighted by molar-refractivity contribution is -0.162. The summed E-state index contributed by atoms with van der Waals surface area (Å²) >= 11 is 0. The van der Waals surface area contributed by atoms with Crippen LogP contribution in [0.1, 0.15) is 20.3 Å². The van der Waals surface area contributed by atoms with Crippen molar-refractivity contribution >= 4 is 11.9 Å². The second-order valence-electron chi connectivity index (χ2n) is 5.01. The van der Waals surface area contributed by atoms with Gasteiger partial charge in [-0.1, -0.05) is 12.2 Å². The number of carbonyl (C=O) groups is 2. The van der Waals surface area contributed by atoms with Gasteiger partial charge in [0, 0.05) is 0 Å². The summed E-state index contributed by atoms with van der Waals surface area (Å²) in [5, 5.41) is 0. The van der Waals surface area contributed by atoms with Gasteiger partial charge in [-0.3, -0.25) is 9.59 Å². The first-order valence-electron chi connectivity index (χ1n) is 6.01. The van der Waals surface area contributed by atoms with E-state index in [1.165, 1.54) is 7.11 Å². The third-order valence-electron chi connectivity index (χ3n) is 3.56. The summed E-state index contributed by atoms with van der Waals surface area (Å²) in [6.07, 6.45) is 4.75. The van der Waals surface area contributed by atoms with E-state index in [4.69, 9.17) is 9.47 Å². The van der Waals surface area contributed by atoms with Gasteiger partial charge in [0.05, 0.1) is 25.0 Å². The fourth-order valence-corrected chi connectivity index (χ4v) is 2.91. The summed E-state index contributed by atoms with van der Waals surface area (Å²) in [4.78, 5) is 23.8. The smallest absolute Gasteiger partial charge is 0.310 e. The minimum Gasteiger partial charge on any atom is -0.469 e. The van der Waals surface area contributed by atoms with Crippen LogP contribution in [-0.4, -0.2) is 25.2 Å². The Balaban J connectivity index is 2.16. The van der Waals surface area contributed by atoms with Gasteiger partial charge in [-0.25, -0.2) is 0 Å². The maximum absolute atomic E-state index is 12.0. The van der Waals surface area contributed by atoms with E-state index in [9.17, 15) is 9.59 Å². The number of methoxy groups -OCH3 is 1. The molecular formula is C13H18O4. The molecule has 0 saturated heterocycles. The molecule has 0 N–H and O–H groups in total. The molecule has 2 rings (SSSR count). The largest absolute Gasteiger partial charge is 0.469 e. The van der Waals surface area contributed by atoms with E-state index in [-0.39, 0.29) is 41.7 Å². The molecule has 94 valence electrons. The van der Waals surface area contributed by atoms with Gasteiger partial charge in [-0.15, -0.1) is 0 Å². The Bertz CT molecular complexity index is 358. The second kappa shape index (κ2) is 4.51. The van der Waals surface area contributed by atoms with Gasteiger partial charge >= 0.3 is 11.9 Å².